The SMILES string of the molecule is Cc1c(C)n(CCOCCC(C)C)c2ccc(CN)cc12. The molecule has 0 atom stereocenters. The maximum atomic E-state index is 5.77. The fourth-order valence-electron chi connectivity index (χ4n) is 2.69. The number of nitrogens with zero attached hydrogens (tertiary/aromatic N) is 1. The van der Waals surface area contributed by atoms with Crippen LogP contribution in [0.25, 0.3) is 10.9 Å². The Labute approximate surface area is 128 Å². The molecule has 2 N–H and O–H groups in total. The van der Waals surface area contributed by atoms with Crippen LogP contribution in [0.3, 0.4) is 0 Å². The van der Waals surface area contributed by atoms with Gasteiger partial charge in [-0.2, -0.15) is 0 Å². The van der Waals surface area contributed by atoms with Crippen molar-refractivity contribution in [3.05, 3.63) is 35.0 Å². The molecule has 21 heavy (non-hydrogen) atoms. The first kappa shape index (κ1) is 16.1. The van der Waals surface area contributed by atoms with Crippen molar-refractivity contribution in [1.29, 1.82) is 0 Å². The summed E-state index contributed by atoms with van der Waals surface area (Å²) in [6, 6.07) is 6.52. The van der Waals surface area contributed by atoms with E-state index in [1.54, 1.807) is 0 Å². The average Bonchev–Trinajstić information content (AvgIpc) is 2.71. The fraction of sp³-hybridized carbons (Fsp3) is 0.556. The van der Waals surface area contributed by atoms with Gasteiger partial charge in [-0.1, -0.05) is 19.9 Å². The molecule has 2 rings (SSSR count). The van der Waals surface area contributed by atoms with Crippen molar-refractivity contribution in [2.75, 3.05) is 13.2 Å². The zero-order valence-corrected chi connectivity index (χ0v) is 13.8. The molecule has 1 aromatic heterocycles. The predicted molar refractivity (Wildman–Crippen MR) is 89.6 cm³/mol. The first-order chi connectivity index (χ1) is 10.0. The summed E-state index contributed by atoms with van der Waals surface area (Å²) in [5.74, 6) is 0.705. The largest absolute Gasteiger partial charge is 0.380 e. The van der Waals surface area contributed by atoms with Crippen LogP contribution in [0.2, 0.25) is 0 Å². The summed E-state index contributed by atoms with van der Waals surface area (Å²) < 4.78 is 8.13. The summed E-state index contributed by atoms with van der Waals surface area (Å²) in [4.78, 5) is 0. The molecule has 2 aromatic rings. The molecule has 0 saturated heterocycles. The second kappa shape index (κ2) is 7.10. The van der Waals surface area contributed by atoms with Gasteiger partial charge in [0.15, 0.2) is 0 Å². The first-order valence-electron chi connectivity index (χ1n) is 7.90. The third-order valence-corrected chi connectivity index (χ3v) is 4.24. The van der Waals surface area contributed by atoms with Gasteiger partial charge in [-0.05, 0) is 49.4 Å². The van der Waals surface area contributed by atoms with E-state index in [9.17, 15) is 0 Å². The summed E-state index contributed by atoms with van der Waals surface area (Å²) in [5, 5.41) is 1.32. The number of rotatable bonds is 7. The molecule has 3 heteroatoms. The Hall–Kier alpha value is -1.32. The van der Waals surface area contributed by atoms with Gasteiger partial charge in [0.05, 0.1) is 6.61 Å². The molecule has 116 valence electrons. The van der Waals surface area contributed by atoms with Crippen LogP contribution in [0.15, 0.2) is 18.2 Å². The van der Waals surface area contributed by atoms with Gasteiger partial charge >= 0.3 is 0 Å². The van der Waals surface area contributed by atoms with Crippen molar-refractivity contribution in [3.8, 4) is 0 Å². The summed E-state index contributed by atoms with van der Waals surface area (Å²) in [6.07, 6.45) is 1.13. The third-order valence-electron chi connectivity index (χ3n) is 4.24. The highest BCUT2D eigenvalue weighted by Gasteiger charge is 2.11. The summed E-state index contributed by atoms with van der Waals surface area (Å²) in [6.45, 7) is 12.0. The van der Waals surface area contributed by atoms with Crippen molar-refractivity contribution < 1.29 is 4.74 Å². The monoisotopic (exact) mass is 288 g/mol. The highest BCUT2D eigenvalue weighted by molar-refractivity contribution is 5.86. The fourth-order valence-corrected chi connectivity index (χ4v) is 2.69. The molecule has 3 nitrogen and oxygen atoms in total. The van der Waals surface area contributed by atoms with Gasteiger partial charge in [0.2, 0.25) is 0 Å². The van der Waals surface area contributed by atoms with Crippen LogP contribution < -0.4 is 5.73 Å². The van der Waals surface area contributed by atoms with Crippen LogP contribution in [0.5, 0.6) is 0 Å². The van der Waals surface area contributed by atoms with E-state index < -0.39 is 0 Å². The van der Waals surface area contributed by atoms with Crippen molar-refractivity contribution >= 4 is 10.9 Å². The third kappa shape index (κ3) is 3.66. The second-order valence-corrected chi connectivity index (χ2v) is 6.21. The van der Waals surface area contributed by atoms with Gasteiger partial charge < -0.3 is 15.0 Å². The number of aromatic nitrogens is 1. The molecular formula is C18H28N2O. The van der Waals surface area contributed by atoms with E-state index in [-0.39, 0.29) is 0 Å². The number of hydrogen-bond acceptors (Lipinski definition) is 2. The van der Waals surface area contributed by atoms with E-state index in [0.717, 1.165) is 26.2 Å². The van der Waals surface area contributed by atoms with Crippen molar-refractivity contribution in [1.82, 2.24) is 4.57 Å². The number of ether oxygens (including phenoxy) is 1. The molecule has 0 aliphatic heterocycles. The molecule has 0 fully saturated rings. The maximum Gasteiger partial charge on any atom is 0.0645 e. The number of fused-ring (bicyclic) bond motifs is 1. The highest BCUT2D eigenvalue weighted by Crippen LogP contribution is 2.26. The van der Waals surface area contributed by atoms with E-state index in [1.807, 2.05) is 0 Å². The topological polar surface area (TPSA) is 40.2 Å². The standard InChI is InChI=1S/C18H28N2O/c1-13(2)7-9-21-10-8-20-15(4)14(3)17-11-16(12-19)5-6-18(17)20/h5-6,11,13H,7-10,12,19H2,1-4H3. The molecule has 0 unspecified atom stereocenters. The summed E-state index contributed by atoms with van der Waals surface area (Å²) >= 11 is 0. The Kier molecular flexibility index (Phi) is 5.43. The van der Waals surface area contributed by atoms with Crippen molar-refractivity contribution in [2.24, 2.45) is 11.7 Å². The number of hydrogen-bond donors (Lipinski definition) is 1. The molecule has 1 aromatic carbocycles. The zero-order valence-electron chi connectivity index (χ0n) is 13.8. The molecule has 0 bridgehead atoms. The second-order valence-electron chi connectivity index (χ2n) is 6.21. The van der Waals surface area contributed by atoms with Gasteiger partial charge in [0, 0.05) is 36.3 Å². The quantitative estimate of drug-likeness (QED) is 0.788. The number of aryl methyl sites for hydroxylation is 1. The van der Waals surface area contributed by atoms with Crippen LogP contribution in [-0.4, -0.2) is 17.8 Å². The van der Waals surface area contributed by atoms with Crippen LogP contribution in [0, 0.1) is 19.8 Å². The Balaban J connectivity index is 2.11. The normalized spacial score (nSPS) is 11.7. The van der Waals surface area contributed by atoms with Gasteiger partial charge in [0.1, 0.15) is 0 Å². The van der Waals surface area contributed by atoms with Crippen LogP contribution in [0.4, 0.5) is 0 Å². The smallest absolute Gasteiger partial charge is 0.0645 e. The van der Waals surface area contributed by atoms with Gasteiger partial charge in [-0.15, -0.1) is 0 Å². The molecule has 0 saturated carbocycles. The van der Waals surface area contributed by atoms with Gasteiger partial charge in [-0.3, -0.25) is 0 Å². The van der Waals surface area contributed by atoms with E-state index >= 15 is 0 Å². The van der Waals surface area contributed by atoms with Gasteiger partial charge in [-0.25, -0.2) is 0 Å². The Morgan fingerprint density at radius 2 is 1.95 bits per heavy atom. The minimum absolute atomic E-state index is 0.595. The molecule has 0 spiro atoms. The van der Waals surface area contributed by atoms with E-state index in [1.165, 1.54) is 27.7 Å². The maximum absolute atomic E-state index is 5.77. The molecular weight excluding hydrogens is 260 g/mol. The van der Waals surface area contributed by atoms with E-state index in [0.29, 0.717) is 12.5 Å². The molecule has 1 heterocycles. The lowest BCUT2D eigenvalue weighted by atomic mass is 10.1. The van der Waals surface area contributed by atoms with Crippen molar-refractivity contribution in [2.45, 2.75) is 47.2 Å². The summed E-state index contributed by atoms with van der Waals surface area (Å²) in [5.41, 5.74) is 10.9. The average molecular weight is 288 g/mol. The number of nitrogens with two attached hydrogens (primary N) is 1. The van der Waals surface area contributed by atoms with Gasteiger partial charge in [0.25, 0.3) is 0 Å². The highest BCUT2D eigenvalue weighted by atomic mass is 16.5. The predicted octanol–water partition coefficient (Wildman–Crippen LogP) is 3.78. The number of benzene rings is 1. The van der Waals surface area contributed by atoms with Crippen LogP contribution >= 0.6 is 0 Å². The lowest BCUT2D eigenvalue weighted by Crippen LogP contribution is -2.09. The first-order valence-corrected chi connectivity index (χ1v) is 7.90. The lowest BCUT2D eigenvalue weighted by Gasteiger charge is -2.10. The Morgan fingerprint density at radius 3 is 2.62 bits per heavy atom. The van der Waals surface area contributed by atoms with Crippen LogP contribution in [-0.2, 0) is 17.8 Å². The van der Waals surface area contributed by atoms with E-state index in [4.69, 9.17) is 10.5 Å². The van der Waals surface area contributed by atoms with Crippen molar-refractivity contribution in [3.63, 3.8) is 0 Å². The van der Waals surface area contributed by atoms with Crippen LogP contribution in [0.1, 0.15) is 37.1 Å². The molecule has 0 aliphatic carbocycles. The minimum Gasteiger partial charge on any atom is -0.380 e. The molecule has 0 radical (unpaired) electrons. The van der Waals surface area contributed by atoms with E-state index in [2.05, 4.69) is 50.5 Å². The minimum atomic E-state index is 0.595. The Bertz CT molecular complexity index is 599. The Morgan fingerprint density at radius 1 is 1.19 bits per heavy atom. The lowest BCUT2D eigenvalue weighted by molar-refractivity contribution is 0.116. The summed E-state index contributed by atoms with van der Waals surface area (Å²) in [7, 11) is 0. The molecule has 0 amide bonds. The molecule has 0 aliphatic rings. The zero-order chi connectivity index (χ0) is 15.4.